The summed E-state index contributed by atoms with van der Waals surface area (Å²) in [4.78, 5) is 20.9. The Morgan fingerprint density at radius 2 is 1.44 bits per heavy atom. The van der Waals surface area contributed by atoms with E-state index in [9.17, 15) is 14.9 Å². The molecule has 0 unspecified atom stereocenters. The first kappa shape index (κ1) is 21.2. The number of nitro groups is 1. The summed E-state index contributed by atoms with van der Waals surface area (Å²) in [6, 6.07) is 0. The van der Waals surface area contributed by atoms with Crippen LogP contribution in [-0.4, -0.2) is 75.4 Å². The Kier molecular flexibility index (Phi) is 8.70. The summed E-state index contributed by atoms with van der Waals surface area (Å²) in [6.07, 6.45) is 2.93. The predicted molar refractivity (Wildman–Crippen MR) is 88.0 cm³/mol. The van der Waals surface area contributed by atoms with Crippen LogP contribution in [0.3, 0.4) is 0 Å². The molecule has 2 saturated heterocycles. The Hall–Kier alpha value is -1.81. The molecule has 0 aliphatic carbocycles. The van der Waals surface area contributed by atoms with Gasteiger partial charge in [0.1, 0.15) is 5.41 Å². The lowest BCUT2D eigenvalue weighted by Gasteiger charge is -2.22. The minimum absolute atomic E-state index is 0.145. The van der Waals surface area contributed by atoms with E-state index in [0.29, 0.717) is 39.6 Å². The molecule has 2 aliphatic heterocycles. The van der Waals surface area contributed by atoms with Gasteiger partial charge in [0.15, 0.2) is 0 Å². The third-order valence-electron chi connectivity index (χ3n) is 3.94. The SMILES string of the molecule is C=CC1(C(=O)O)COCCOC1.C=CC1(C[N+](=O)[O-])COCCOC1. The second-order valence-electron chi connectivity index (χ2n) is 5.93. The van der Waals surface area contributed by atoms with E-state index in [1.54, 1.807) is 6.08 Å². The van der Waals surface area contributed by atoms with Gasteiger partial charge in [0.25, 0.3) is 0 Å². The monoisotopic (exact) mass is 359 g/mol. The number of carboxylic acids is 1. The highest BCUT2D eigenvalue weighted by Gasteiger charge is 2.37. The summed E-state index contributed by atoms with van der Waals surface area (Å²) < 4.78 is 20.6. The molecule has 9 heteroatoms. The van der Waals surface area contributed by atoms with Crippen molar-refractivity contribution in [3.05, 3.63) is 35.4 Å². The molecular weight excluding hydrogens is 334 g/mol. The van der Waals surface area contributed by atoms with Crippen molar-refractivity contribution in [2.45, 2.75) is 0 Å². The van der Waals surface area contributed by atoms with Gasteiger partial charge in [0.05, 0.1) is 58.3 Å². The second kappa shape index (κ2) is 10.2. The van der Waals surface area contributed by atoms with Crippen molar-refractivity contribution in [3.8, 4) is 0 Å². The highest BCUT2D eigenvalue weighted by Crippen LogP contribution is 2.23. The Bertz CT molecular complexity index is 463. The number of rotatable bonds is 5. The molecule has 2 rings (SSSR count). The zero-order chi connectivity index (χ0) is 18.8. The molecule has 9 nitrogen and oxygen atoms in total. The average molecular weight is 359 g/mol. The quantitative estimate of drug-likeness (QED) is 0.434. The van der Waals surface area contributed by atoms with Gasteiger partial charge in [-0.15, -0.1) is 13.2 Å². The molecule has 1 N–H and O–H groups in total. The van der Waals surface area contributed by atoms with Gasteiger partial charge in [0.2, 0.25) is 6.54 Å². The van der Waals surface area contributed by atoms with Crippen molar-refractivity contribution in [1.29, 1.82) is 0 Å². The van der Waals surface area contributed by atoms with Gasteiger partial charge < -0.3 is 24.1 Å². The van der Waals surface area contributed by atoms with Crippen LogP contribution in [0.2, 0.25) is 0 Å². The molecule has 0 spiro atoms. The maximum absolute atomic E-state index is 10.8. The Balaban J connectivity index is 0.000000251. The van der Waals surface area contributed by atoms with Crippen LogP contribution in [0, 0.1) is 20.9 Å². The van der Waals surface area contributed by atoms with Crippen molar-refractivity contribution >= 4 is 5.97 Å². The minimum Gasteiger partial charge on any atom is -0.480 e. The maximum atomic E-state index is 10.8. The first-order valence-corrected chi connectivity index (χ1v) is 7.83. The van der Waals surface area contributed by atoms with Gasteiger partial charge in [-0.25, -0.2) is 0 Å². The minimum atomic E-state index is -1.06. The van der Waals surface area contributed by atoms with Gasteiger partial charge in [-0.05, 0) is 0 Å². The van der Waals surface area contributed by atoms with Gasteiger partial charge in [-0.2, -0.15) is 0 Å². The number of hydrogen-bond donors (Lipinski definition) is 1. The van der Waals surface area contributed by atoms with Crippen LogP contribution in [0.15, 0.2) is 25.3 Å². The summed E-state index contributed by atoms with van der Waals surface area (Å²) in [5.74, 6) is -0.945. The van der Waals surface area contributed by atoms with E-state index in [1.807, 2.05) is 0 Å². The lowest BCUT2D eigenvalue weighted by atomic mass is 9.90. The molecule has 0 aromatic heterocycles. The third-order valence-corrected chi connectivity index (χ3v) is 3.94. The molecule has 2 fully saturated rings. The van der Waals surface area contributed by atoms with E-state index in [1.165, 1.54) is 6.08 Å². The summed E-state index contributed by atoms with van der Waals surface area (Å²) in [5, 5.41) is 19.3. The summed E-state index contributed by atoms with van der Waals surface area (Å²) >= 11 is 0. The van der Waals surface area contributed by atoms with Gasteiger partial charge in [-0.1, -0.05) is 12.2 Å². The first-order chi connectivity index (χ1) is 11.9. The van der Waals surface area contributed by atoms with Crippen LogP contribution in [-0.2, 0) is 23.7 Å². The van der Waals surface area contributed by atoms with Crippen molar-refractivity contribution in [3.63, 3.8) is 0 Å². The highest BCUT2D eigenvalue weighted by molar-refractivity contribution is 5.77. The van der Waals surface area contributed by atoms with E-state index in [4.69, 9.17) is 24.1 Å². The average Bonchev–Trinajstić information content (AvgIpc) is 2.96. The first-order valence-electron chi connectivity index (χ1n) is 7.83. The maximum Gasteiger partial charge on any atom is 0.318 e. The van der Waals surface area contributed by atoms with Crippen molar-refractivity contribution in [1.82, 2.24) is 0 Å². The van der Waals surface area contributed by atoms with Gasteiger partial charge in [-0.3, -0.25) is 14.9 Å². The smallest absolute Gasteiger partial charge is 0.318 e. The van der Waals surface area contributed by atoms with Crippen LogP contribution in [0.25, 0.3) is 0 Å². The largest absolute Gasteiger partial charge is 0.480 e. The number of carboxylic acid groups (broad SMARTS) is 1. The lowest BCUT2D eigenvalue weighted by Crippen LogP contribution is -2.36. The van der Waals surface area contributed by atoms with E-state index in [-0.39, 0.29) is 24.7 Å². The lowest BCUT2D eigenvalue weighted by molar-refractivity contribution is -0.496. The molecule has 0 amide bonds. The number of nitrogens with zero attached hydrogens (tertiary/aromatic N) is 1. The van der Waals surface area contributed by atoms with E-state index in [2.05, 4.69) is 13.2 Å². The third kappa shape index (κ3) is 6.54. The standard InChI is InChI=1S/C8H13NO4.C8H12O4/c1-2-8(5-9(10)11)6-12-3-4-13-7-8;1-2-8(7(9)10)5-11-3-4-12-6-8/h2H,1,3-7H2;2H,1,3-6H2,(H,9,10). The Morgan fingerprint density at radius 3 is 1.76 bits per heavy atom. The van der Waals surface area contributed by atoms with Crippen molar-refractivity contribution in [2.75, 3.05) is 59.4 Å². The topological polar surface area (TPSA) is 117 Å². The fourth-order valence-corrected chi connectivity index (χ4v) is 2.24. The summed E-state index contributed by atoms with van der Waals surface area (Å²) in [6.45, 7) is 9.69. The van der Waals surface area contributed by atoms with E-state index in [0.717, 1.165) is 0 Å². The number of ether oxygens (including phenoxy) is 4. The van der Waals surface area contributed by atoms with E-state index < -0.39 is 16.8 Å². The second-order valence-corrected chi connectivity index (χ2v) is 5.93. The van der Waals surface area contributed by atoms with Gasteiger partial charge >= 0.3 is 5.97 Å². The molecule has 0 aromatic rings. The molecule has 0 bridgehead atoms. The number of carbonyl (C=O) groups is 1. The fourth-order valence-electron chi connectivity index (χ4n) is 2.24. The zero-order valence-corrected chi connectivity index (χ0v) is 14.2. The Morgan fingerprint density at radius 1 is 1.00 bits per heavy atom. The van der Waals surface area contributed by atoms with E-state index >= 15 is 0 Å². The van der Waals surface area contributed by atoms with Crippen LogP contribution in [0.1, 0.15) is 0 Å². The van der Waals surface area contributed by atoms with Gasteiger partial charge in [0, 0.05) is 4.92 Å². The molecule has 0 aromatic carbocycles. The van der Waals surface area contributed by atoms with Crippen molar-refractivity contribution in [2.24, 2.45) is 10.8 Å². The molecule has 25 heavy (non-hydrogen) atoms. The Labute approximate surface area is 146 Å². The molecule has 0 saturated carbocycles. The molecule has 0 atom stereocenters. The van der Waals surface area contributed by atoms with Crippen molar-refractivity contribution < 1.29 is 33.8 Å². The molecule has 2 aliphatic rings. The van der Waals surface area contributed by atoms with Crippen LogP contribution < -0.4 is 0 Å². The highest BCUT2D eigenvalue weighted by atomic mass is 16.6. The van der Waals surface area contributed by atoms with Crippen LogP contribution in [0.5, 0.6) is 0 Å². The normalized spacial score (nSPS) is 22.2. The molecule has 2 heterocycles. The molecule has 0 radical (unpaired) electrons. The fraction of sp³-hybridized carbons (Fsp3) is 0.688. The predicted octanol–water partition coefficient (Wildman–Crippen LogP) is 0.773. The number of aliphatic carboxylic acids is 1. The summed E-state index contributed by atoms with van der Waals surface area (Å²) in [7, 11) is 0. The molecule has 142 valence electrons. The summed E-state index contributed by atoms with van der Waals surface area (Å²) in [5.41, 5.74) is -1.71. The van der Waals surface area contributed by atoms with Crippen LogP contribution in [0.4, 0.5) is 0 Å². The number of hydrogen-bond acceptors (Lipinski definition) is 7. The molecular formula is C16H25NO8. The zero-order valence-electron chi connectivity index (χ0n) is 14.2. The van der Waals surface area contributed by atoms with Crippen LogP contribution >= 0.6 is 0 Å².